The van der Waals surface area contributed by atoms with E-state index in [4.69, 9.17) is 0 Å². The maximum atomic E-state index is 11.3. The third kappa shape index (κ3) is 3.03. The normalized spacial score (nSPS) is 16.4. The predicted molar refractivity (Wildman–Crippen MR) is 73.5 cm³/mol. The lowest BCUT2D eigenvalue weighted by molar-refractivity contribution is 0.0691. The molecule has 0 atom stereocenters. The summed E-state index contributed by atoms with van der Waals surface area (Å²) in [5.74, 6) is -0.315. The summed E-state index contributed by atoms with van der Waals surface area (Å²) < 4.78 is 0. The lowest BCUT2D eigenvalue weighted by Crippen LogP contribution is -2.18. The Balaban J connectivity index is 2.17. The van der Waals surface area contributed by atoms with Crippen molar-refractivity contribution in [1.29, 1.82) is 0 Å². The molecule has 5 nitrogen and oxygen atoms in total. The maximum Gasteiger partial charge on any atom is 0.356 e. The van der Waals surface area contributed by atoms with Crippen molar-refractivity contribution >= 4 is 11.7 Å². The first-order chi connectivity index (χ1) is 8.97. The topological polar surface area (TPSA) is 75.1 Å². The monoisotopic (exact) mass is 263 g/mol. The number of nitrogens with one attached hydrogen (secondary N) is 1. The summed E-state index contributed by atoms with van der Waals surface area (Å²) in [5, 5.41) is 12.5. The van der Waals surface area contributed by atoms with Gasteiger partial charge in [-0.3, -0.25) is 0 Å². The average molecular weight is 263 g/mol. The number of rotatable bonds is 6. The summed E-state index contributed by atoms with van der Waals surface area (Å²) in [6, 6.07) is 0. The van der Waals surface area contributed by atoms with Gasteiger partial charge in [-0.2, -0.15) is 0 Å². The molecule has 1 saturated carbocycles. The molecule has 1 heterocycles. The Hall–Kier alpha value is -1.65. The number of aromatic carboxylic acids is 1. The highest BCUT2D eigenvalue weighted by Crippen LogP contribution is 2.48. The van der Waals surface area contributed by atoms with Crippen LogP contribution in [0.25, 0.3) is 0 Å². The van der Waals surface area contributed by atoms with Gasteiger partial charge in [-0.15, -0.1) is 0 Å². The van der Waals surface area contributed by atoms with E-state index in [-0.39, 0.29) is 11.6 Å². The van der Waals surface area contributed by atoms with E-state index in [9.17, 15) is 9.90 Å². The molecule has 1 aliphatic carbocycles. The van der Waals surface area contributed by atoms with Crippen molar-refractivity contribution in [2.45, 2.75) is 46.0 Å². The molecule has 0 aliphatic heterocycles. The van der Waals surface area contributed by atoms with Crippen LogP contribution in [0, 0.1) is 5.41 Å². The van der Waals surface area contributed by atoms with Gasteiger partial charge in [0.25, 0.3) is 0 Å². The molecular formula is C14H21N3O2. The molecule has 2 N–H and O–H groups in total. The van der Waals surface area contributed by atoms with Crippen LogP contribution < -0.4 is 5.32 Å². The van der Waals surface area contributed by atoms with E-state index in [1.807, 2.05) is 13.8 Å². The molecule has 0 spiro atoms. The second-order valence-electron chi connectivity index (χ2n) is 5.66. The smallest absolute Gasteiger partial charge is 0.356 e. The van der Waals surface area contributed by atoms with Crippen molar-refractivity contribution in [1.82, 2.24) is 9.97 Å². The summed E-state index contributed by atoms with van der Waals surface area (Å²) in [7, 11) is 0. The molecule has 0 aromatic carbocycles. The minimum Gasteiger partial charge on any atom is -0.476 e. The number of hydrogen-bond donors (Lipinski definition) is 2. The summed E-state index contributed by atoms with van der Waals surface area (Å²) in [6.07, 6.45) is 5.14. The largest absolute Gasteiger partial charge is 0.476 e. The second-order valence-corrected chi connectivity index (χ2v) is 5.66. The Morgan fingerprint density at radius 2 is 2.21 bits per heavy atom. The minimum atomic E-state index is -1.01. The van der Waals surface area contributed by atoms with E-state index in [2.05, 4.69) is 22.2 Å². The standard InChI is InChI=1S/C14H21N3O2/c1-4-14(5-6-14)8-16-10-7-15-12(9(2)3)17-11(10)13(18)19/h7,9,16H,4-6,8H2,1-3H3,(H,18,19). The van der Waals surface area contributed by atoms with Gasteiger partial charge < -0.3 is 10.4 Å². The van der Waals surface area contributed by atoms with Gasteiger partial charge in [0.05, 0.1) is 11.9 Å². The number of carboxylic acids is 1. The Morgan fingerprint density at radius 1 is 1.53 bits per heavy atom. The van der Waals surface area contributed by atoms with Crippen LogP contribution in [0.15, 0.2) is 6.20 Å². The van der Waals surface area contributed by atoms with Crippen LogP contribution in [0.5, 0.6) is 0 Å². The zero-order valence-electron chi connectivity index (χ0n) is 11.7. The molecular weight excluding hydrogens is 242 g/mol. The quantitative estimate of drug-likeness (QED) is 0.825. The second kappa shape index (κ2) is 5.15. The lowest BCUT2D eigenvalue weighted by atomic mass is 10.0. The van der Waals surface area contributed by atoms with Crippen molar-refractivity contribution in [3.05, 3.63) is 17.7 Å². The molecule has 0 radical (unpaired) electrons. The summed E-state index contributed by atoms with van der Waals surface area (Å²) in [5.41, 5.74) is 0.953. The van der Waals surface area contributed by atoms with Crippen LogP contribution in [0.2, 0.25) is 0 Å². The summed E-state index contributed by atoms with van der Waals surface area (Å²) in [6.45, 7) is 6.87. The van der Waals surface area contributed by atoms with E-state index in [0.29, 0.717) is 16.9 Å². The third-order valence-corrected chi connectivity index (χ3v) is 3.89. The summed E-state index contributed by atoms with van der Waals surface area (Å²) >= 11 is 0. The minimum absolute atomic E-state index is 0.0746. The predicted octanol–water partition coefficient (Wildman–Crippen LogP) is 2.90. The molecule has 0 unspecified atom stereocenters. The highest BCUT2D eigenvalue weighted by molar-refractivity contribution is 5.91. The van der Waals surface area contributed by atoms with Crippen LogP contribution in [0.4, 0.5) is 5.69 Å². The molecule has 19 heavy (non-hydrogen) atoms. The number of aromatic nitrogens is 2. The average Bonchev–Trinajstić information content (AvgIpc) is 3.16. The first kappa shape index (κ1) is 13.8. The van der Waals surface area contributed by atoms with Gasteiger partial charge in [-0.05, 0) is 24.7 Å². The lowest BCUT2D eigenvalue weighted by Gasteiger charge is -2.16. The molecule has 5 heteroatoms. The SMILES string of the molecule is CCC1(CNc2cnc(C(C)C)nc2C(=O)O)CC1. The molecule has 1 aromatic rings. The molecule has 1 aliphatic rings. The van der Waals surface area contributed by atoms with Crippen LogP contribution in [-0.2, 0) is 0 Å². The molecule has 1 aromatic heterocycles. The van der Waals surface area contributed by atoms with Crippen LogP contribution in [0.1, 0.15) is 62.3 Å². The zero-order valence-corrected chi connectivity index (χ0v) is 11.7. The Labute approximate surface area is 113 Å². The van der Waals surface area contributed by atoms with E-state index in [1.165, 1.54) is 12.8 Å². The van der Waals surface area contributed by atoms with Gasteiger partial charge in [-0.25, -0.2) is 14.8 Å². The molecule has 1 fully saturated rings. The zero-order chi connectivity index (χ0) is 14.0. The Kier molecular flexibility index (Phi) is 3.73. The van der Waals surface area contributed by atoms with E-state index >= 15 is 0 Å². The number of carboxylic acid groups (broad SMARTS) is 1. The van der Waals surface area contributed by atoms with E-state index < -0.39 is 5.97 Å². The first-order valence-corrected chi connectivity index (χ1v) is 6.81. The number of anilines is 1. The molecule has 0 saturated heterocycles. The first-order valence-electron chi connectivity index (χ1n) is 6.81. The van der Waals surface area contributed by atoms with Crippen molar-refractivity contribution < 1.29 is 9.90 Å². The number of nitrogens with zero attached hydrogens (tertiary/aromatic N) is 2. The van der Waals surface area contributed by atoms with Crippen molar-refractivity contribution in [2.75, 3.05) is 11.9 Å². The van der Waals surface area contributed by atoms with Gasteiger partial charge >= 0.3 is 5.97 Å². The van der Waals surface area contributed by atoms with Gasteiger partial charge in [0, 0.05) is 12.5 Å². The fourth-order valence-electron chi connectivity index (χ4n) is 2.08. The van der Waals surface area contributed by atoms with Gasteiger partial charge in [0.2, 0.25) is 0 Å². The van der Waals surface area contributed by atoms with Crippen molar-refractivity contribution in [3.8, 4) is 0 Å². The van der Waals surface area contributed by atoms with E-state index in [1.54, 1.807) is 6.20 Å². The van der Waals surface area contributed by atoms with Crippen molar-refractivity contribution in [2.24, 2.45) is 5.41 Å². The maximum absolute atomic E-state index is 11.3. The number of carbonyl (C=O) groups is 1. The summed E-state index contributed by atoms with van der Waals surface area (Å²) in [4.78, 5) is 19.7. The van der Waals surface area contributed by atoms with E-state index in [0.717, 1.165) is 13.0 Å². The third-order valence-electron chi connectivity index (χ3n) is 3.89. The Morgan fingerprint density at radius 3 is 2.68 bits per heavy atom. The molecule has 104 valence electrons. The highest BCUT2D eigenvalue weighted by Gasteiger charge is 2.40. The molecule has 0 amide bonds. The van der Waals surface area contributed by atoms with Gasteiger partial charge in [-0.1, -0.05) is 20.8 Å². The highest BCUT2D eigenvalue weighted by atomic mass is 16.4. The van der Waals surface area contributed by atoms with Crippen LogP contribution in [-0.4, -0.2) is 27.6 Å². The molecule has 0 bridgehead atoms. The Bertz CT molecular complexity index is 482. The fourth-order valence-corrected chi connectivity index (χ4v) is 2.08. The van der Waals surface area contributed by atoms with Gasteiger partial charge in [0.15, 0.2) is 5.69 Å². The van der Waals surface area contributed by atoms with Gasteiger partial charge in [0.1, 0.15) is 5.82 Å². The van der Waals surface area contributed by atoms with Crippen LogP contribution >= 0.6 is 0 Å². The molecule has 2 rings (SSSR count). The fraction of sp³-hybridized carbons (Fsp3) is 0.643. The number of hydrogen-bond acceptors (Lipinski definition) is 4. The van der Waals surface area contributed by atoms with Crippen molar-refractivity contribution in [3.63, 3.8) is 0 Å². The van der Waals surface area contributed by atoms with Crippen LogP contribution in [0.3, 0.4) is 0 Å².